The van der Waals surface area contributed by atoms with Gasteiger partial charge in [0.25, 0.3) is 0 Å². The topological polar surface area (TPSA) is 75.1 Å². The third kappa shape index (κ3) is 2.97. The zero-order chi connectivity index (χ0) is 13.2. The molecule has 5 nitrogen and oxygen atoms in total. The molecule has 1 aliphatic carbocycles. The first-order valence-electron chi connectivity index (χ1n) is 6.37. The van der Waals surface area contributed by atoms with Crippen molar-refractivity contribution in [1.29, 1.82) is 0 Å². The van der Waals surface area contributed by atoms with Gasteiger partial charge in [0.05, 0.1) is 0 Å². The van der Waals surface area contributed by atoms with Gasteiger partial charge >= 0.3 is 5.97 Å². The van der Waals surface area contributed by atoms with Crippen molar-refractivity contribution >= 4 is 11.9 Å². The molecule has 0 atom stereocenters. The van der Waals surface area contributed by atoms with Gasteiger partial charge < -0.3 is 10.4 Å². The lowest BCUT2D eigenvalue weighted by molar-refractivity contribution is 0.0690. The highest BCUT2D eigenvalue weighted by atomic mass is 16.4. The normalized spacial score (nSPS) is 16.3. The molecule has 0 bridgehead atoms. The molecule has 0 unspecified atom stereocenters. The van der Waals surface area contributed by atoms with Crippen molar-refractivity contribution in [2.75, 3.05) is 11.9 Å². The molecule has 1 fully saturated rings. The minimum absolute atomic E-state index is 0.0466. The molecule has 5 heteroatoms. The summed E-state index contributed by atoms with van der Waals surface area (Å²) in [5, 5.41) is 12.1. The fraction of sp³-hybridized carbons (Fsp3) is 0.615. The second-order valence-corrected chi connectivity index (χ2v) is 5.13. The van der Waals surface area contributed by atoms with Gasteiger partial charge in [0.15, 0.2) is 5.69 Å². The van der Waals surface area contributed by atoms with Gasteiger partial charge in [-0.2, -0.15) is 0 Å². The predicted octanol–water partition coefficient (Wildman–Crippen LogP) is 2.48. The van der Waals surface area contributed by atoms with Gasteiger partial charge in [-0.25, -0.2) is 14.8 Å². The summed E-state index contributed by atoms with van der Waals surface area (Å²) in [5.74, 6) is -0.590. The van der Waals surface area contributed by atoms with Crippen LogP contribution in [0.2, 0.25) is 0 Å². The molecule has 1 aromatic rings. The van der Waals surface area contributed by atoms with Crippen LogP contribution < -0.4 is 5.32 Å². The Labute approximate surface area is 107 Å². The summed E-state index contributed by atoms with van der Waals surface area (Å²) in [6, 6.07) is 1.48. The highest BCUT2D eigenvalue weighted by molar-refractivity contribution is 5.85. The Morgan fingerprint density at radius 2 is 2.22 bits per heavy atom. The first kappa shape index (κ1) is 12.8. The Hall–Kier alpha value is -1.65. The Morgan fingerprint density at radius 1 is 1.50 bits per heavy atom. The van der Waals surface area contributed by atoms with E-state index in [1.807, 2.05) is 0 Å². The van der Waals surface area contributed by atoms with E-state index in [-0.39, 0.29) is 5.69 Å². The molecule has 0 radical (unpaired) electrons. The maximum atomic E-state index is 10.9. The molecule has 1 aliphatic rings. The Balaban J connectivity index is 2.03. The molecule has 0 aliphatic heterocycles. The lowest BCUT2D eigenvalue weighted by atomic mass is 10.0. The minimum Gasteiger partial charge on any atom is -0.477 e. The van der Waals surface area contributed by atoms with E-state index in [9.17, 15) is 4.79 Å². The third-order valence-corrected chi connectivity index (χ3v) is 3.43. The van der Waals surface area contributed by atoms with Gasteiger partial charge in [0, 0.05) is 12.2 Å². The molecule has 2 rings (SSSR count). The smallest absolute Gasteiger partial charge is 0.354 e. The molecule has 0 saturated heterocycles. The second kappa shape index (κ2) is 4.92. The van der Waals surface area contributed by atoms with Gasteiger partial charge in [0.1, 0.15) is 0 Å². The monoisotopic (exact) mass is 249 g/mol. The van der Waals surface area contributed by atoms with Gasteiger partial charge in [-0.3, -0.25) is 0 Å². The van der Waals surface area contributed by atoms with Gasteiger partial charge in [-0.1, -0.05) is 13.3 Å². The van der Waals surface area contributed by atoms with Crippen molar-refractivity contribution in [2.45, 2.75) is 39.5 Å². The van der Waals surface area contributed by atoms with Crippen LogP contribution in [0.5, 0.6) is 0 Å². The van der Waals surface area contributed by atoms with Crippen molar-refractivity contribution in [3.63, 3.8) is 0 Å². The van der Waals surface area contributed by atoms with Crippen LogP contribution in [0.3, 0.4) is 0 Å². The van der Waals surface area contributed by atoms with Crippen molar-refractivity contribution in [3.8, 4) is 0 Å². The fourth-order valence-corrected chi connectivity index (χ4v) is 2.25. The third-order valence-electron chi connectivity index (χ3n) is 3.43. The molecule has 1 saturated carbocycles. The second-order valence-electron chi connectivity index (χ2n) is 5.13. The molecule has 18 heavy (non-hydrogen) atoms. The average Bonchev–Trinajstić information content (AvgIpc) is 3.07. The van der Waals surface area contributed by atoms with Crippen LogP contribution in [0.15, 0.2) is 6.07 Å². The number of aryl methyl sites for hydroxylation is 1. The molecular formula is C13H19N3O2. The predicted molar refractivity (Wildman–Crippen MR) is 68.8 cm³/mol. The molecule has 0 aromatic carbocycles. The molecule has 0 spiro atoms. The summed E-state index contributed by atoms with van der Waals surface area (Å²) in [5.41, 5.74) is 1.11. The number of nitrogens with one attached hydrogen (secondary N) is 1. The number of carboxylic acids is 1. The number of hydrogen-bond acceptors (Lipinski definition) is 4. The lowest BCUT2D eigenvalue weighted by Crippen LogP contribution is -2.18. The number of rotatable bonds is 6. The van der Waals surface area contributed by atoms with E-state index in [2.05, 4.69) is 22.2 Å². The average molecular weight is 249 g/mol. The zero-order valence-electron chi connectivity index (χ0n) is 10.9. The van der Waals surface area contributed by atoms with E-state index in [0.29, 0.717) is 17.1 Å². The van der Waals surface area contributed by atoms with Crippen molar-refractivity contribution in [3.05, 3.63) is 17.5 Å². The number of aromatic carboxylic acids is 1. The van der Waals surface area contributed by atoms with E-state index >= 15 is 0 Å². The molecule has 1 aromatic heterocycles. The van der Waals surface area contributed by atoms with Crippen LogP contribution >= 0.6 is 0 Å². The summed E-state index contributed by atoms with van der Waals surface area (Å²) < 4.78 is 0. The Kier molecular flexibility index (Phi) is 3.50. The van der Waals surface area contributed by atoms with Crippen LogP contribution in [0, 0.1) is 12.3 Å². The van der Waals surface area contributed by atoms with Crippen molar-refractivity contribution in [2.24, 2.45) is 5.41 Å². The van der Waals surface area contributed by atoms with Crippen LogP contribution in [0.1, 0.15) is 48.8 Å². The minimum atomic E-state index is -1.02. The first-order chi connectivity index (χ1) is 8.54. The lowest BCUT2D eigenvalue weighted by Gasteiger charge is -2.15. The maximum Gasteiger partial charge on any atom is 0.354 e. The highest BCUT2D eigenvalue weighted by Gasteiger charge is 2.41. The molecule has 0 amide bonds. The number of carboxylic acid groups (broad SMARTS) is 1. The summed E-state index contributed by atoms with van der Waals surface area (Å²) in [7, 11) is 0. The number of carbonyl (C=O) groups is 1. The van der Waals surface area contributed by atoms with Crippen LogP contribution in [-0.4, -0.2) is 27.6 Å². The number of hydrogen-bond donors (Lipinski definition) is 2. The Bertz CT molecular complexity index is 456. The van der Waals surface area contributed by atoms with Gasteiger partial charge in [-0.05, 0) is 37.7 Å². The van der Waals surface area contributed by atoms with Crippen molar-refractivity contribution in [1.82, 2.24) is 9.97 Å². The quantitative estimate of drug-likeness (QED) is 0.810. The van der Waals surface area contributed by atoms with E-state index in [1.165, 1.54) is 31.7 Å². The van der Waals surface area contributed by atoms with E-state index < -0.39 is 5.97 Å². The van der Waals surface area contributed by atoms with Crippen LogP contribution in [-0.2, 0) is 0 Å². The summed E-state index contributed by atoms with van der Waals surface area (Å²) >= 11 is 0. The number of nitrogens with zero attached hydrogens (tertiary/aromatic N) is 2. The standard InChI is InChI=1S/C13H19N3O2/c1-3-4-13(5-6-13)8-14-12-15-9(2)7-10(16-12)11(17)18/h7H,3-6,8H2,1-2H3,(H,17,18)(H,14,15,16). The van der Waals surface area contributed by atoms with Crippen LogP contribution in [0.4, 0.5) is 5.95 Å². The largest absolute Gasteiger partial charge is 0.477 e. The molecule has 98 valence electrons. The zero-order valence-corrected chi connectivity index (χ0v) is 10.9. The maximum absolute atomic E-state index is 10.9. The Morgan fingerprint density at radius 3 is 2.78 bits per heavy atom. The summed E-state index contributed by atoms with van der Waals surface area (Å²) in [6.45, 7) is 4.80. The number of aromatic nitrogens is 2. The van der Waals surface area contributed by atoms with Crippen molar-refractivity contribution < 1.29 is 9.90 Å². The van der Waals surface area contributed by atoms with Gasteiger partial charge in [-0.15, -0.1) is 0 Å². The molecule has 2 N–H and O–H groups in total. The highest BCUT2D eigenvalue weighted by Crippen LogP contribution is 2.49. The SMILES string of the molecule is CCCC1(CNc2nc(C)cc(C(=O)O)n2)CC1. The molecular weight excluding hydrogens is 230 g/mol. The van der Waals surface area contributed by atoms with Crippen LogP contribution in [0.25, 0.3) is 0 Å². The summed E-state index contributed by atoms with van der Waals surface area (Å²) in [4.78, 5) is 19.1. The first-order valence-corrected chi connectivity index (χ1v) is 6.37. The van der Waals surface area contributed by atoms with E-state index in [0.717, 1.165) is 6.54 Å². The van der Waals surface area contributed by atoms with Gasteiger partial charge in [0.2, 0.25) is 5.95 Å². The summed E-state index contributed by atoms with van der Waals surface area (Å²) in [6.07, 6.45) is 4.87. The molecule has 1 heterocycles. The number of anilines is 1. The van der Waals surface area contributed by atoms with E-state index in [4.69, 9.17) is 5.11 Å². The fourth-order valence-electron chi connectivity index (χ4n) is 2.25. The van der Waals surface area contributed by atoms with E-state index in [1.54, 1.807) is 6.92 Å².